The van der Waals surface area contributed by atoms with E-state index in [0.29, 0.717) is 29.6 Å². The number of hydrogen-bond donors (Lipinski definition) is 1. The first-order valence-corrected chi connectivity index (χ1v) is 10.8. The molecule has 1 aliphatic heterocycles. The Kier molecular flexibility index (Phi) is 6.37. The molecule has 0 unspecified atom stereocenters. The van der Waals surface area contributed by atoms with Crippen LogP contribution in [0.5, 0.6) is 0 Å². The highest BCUT2D eigenvalue weighted by Crippen LogP contribution is 2.22. The number of aryl methyl sites for hydroxylation is 1. The van der Waals surface area contributed by atoms with Crippen LogP contribution in [0.25, 0.3) is 5.69 Å². The average molecular weight is 437 g/mol. The molecule has 7 heteroatoms. The molecule has 6 nitrogen and oxygen atoms in total. The van der Waals surface area contributed by atoms with Crippen molar-refractivity contribution in [2.24, 2.45) is 5.92 Å². The summed E-state index contributed by atoms with van der Waals surface area (Å²) in [5, 5.41) is 8.15. The minimum absolute atomic E-state index is 0.0503. The van der Waals surface area contributed by atoms with Crippen LogP contribution in [0.1, 0.15) is 24.0 Å². The molecule has 1 amide bonds. The second-order valence-electron chi connectivity index (χ2n) is 7.91. The Hall–Kier alpha value is -3.12. The first-order valence-electron chi connectivity index (χ1n) is 10.4. The first-order chi connectivity index (χ1) is 15.0. The number of benzene rings is 2. The highest BCUT2D eigenvalue weighted by atomic mass is 35.5. The molecule has 0 radical (unpaired) electrons. The van der Waals surface area contributed by atoms with Crippen LogP contribution in [-0.2, 0) is 11.3 Å². The van der Waals surface area contributed by atoms with Gasteiger partial charge in [0.05, 0.1) is 11.6 Å². The van der Waals surface area contributed by atoms with Crippen molar-refractivity contribution >= 4 is 23.3 Å². The lowest BCUT2D eigenvalue weighted by molar-refractivity contribution is -0.125. The number of carbonyl (C=O) groups excluding carboxylic acids is 1. The zero-order valence-corrected chi connectivity index (χ0v) is 18.2. The van der Waals surface area contributed by atoms with Crippen molar-refractivity contribution in [1.29, 1.82) is 0 Å². The number of piperidine rings is 1. The molecule has 31 heavy (non-hydrogen) atoms. The van der Waals surface area contributed by atoms with E-state index in [1.54, 1.807) is 30.3 Å². The van der Waals surface area contributed by atoms with Gasteiger partial charge in [0.15, 0.2) is 0 Å². The van der Waals surface area contributed by atoms with E-state index in [2.05, 4.69) is 21.4 Å². The van der Waals surface area contributed by atoms with Gasteiger partial charge in [0.2, 0.25) is 5.91 Å². The molecule has 0 bridgehead atoms. The van der Waals surface area contributed by atoms with Crippen LogP contribution < -0.4 is 15.8 Å². The van der Waals surface area contributed by atoms with Gasteiger partial charge in [-0.1, -0.05) is 47.5 Å². The van der Waals surface area contributed by atoms with Gasteiger partial charge in [0.25, 0.3) is 5.56 Å². The van der Waals surface area contributed by atoms with Crippen LogP contribution in [0.3, 0.4) is 0 Å². The lowest BCUT2D eigenvalue weighted by Crippen LogP contribution is -2.43. The van der Waals surface area contributed by atoms with Crippen LogP contribution in [0.15, 0.2) is 65.5 Å². The number of nitrogens with zero attached hydrogens (tertiary/aromatic N) is 3. The smallest absolute Gasteiger partial charge is 0.271 e. The molecule has 2 heterocycles. The summed E-state index contributed by atoms with van der Waals surface area (Å²) in [6, 6.07) is 18.4. The SMILES string of the molecule is Cc1cccc(CNC(=O)[C@@H]2CCCN(c3ccc(=O)n(-c4cccc(Cl)c4)n3)C2)c1. The van der Waals surface area contributed by atoms with E-state index >= 15 is 0 Å². The highest BCUT2D eigenvalue weighted by molar-refractivity contribution is 6.30. The zero-order valence-electron chi connectivity index (χ0n) is 17.4. The van der Waals surface area contributed by atoms with Gasteiger partial charge in [-0.2, -0.15) is 4.68 Å². The minimum atomic E-state index is -0.226. The van der Waals surface area contributed by atoms with Gasteiger partial charge in [0, 0.05) is 30.7 Å². The van der Waals surface area contributed by atoms with E-state index < -0.39 is 0 Å². The highest BCUT2D eigenvalue weighted by Gasteiger charge is 2.26. The molecule has 1 N–H and O–H groups in total. The van der Waals surface area contributed by atoms with Crippen molar-refractivity contribution in [3.05, 3.63) is 87.2 Å². The van der Waals surface area contributed by atoms with Gasteiger partial charge in [-0.3, -0.25) is 9.59 Å². The van der Waals surface area contributed by atoms with Crippen molar-refractivity contribution in [1.82, 2.24) is 15.1 Å². The van der Waals surface area contributed by atoms with Crippen molar-refractivity contribution < 1.29 is 4.79 Å². The summed E-state index contributed by atoms with van der Waals surface area (Å²) in [7, 11) is 0. The molecule has 4 rings (SSSR count). The van der Waals surface area contributed by atoms with Gasteiger partial charge in [-0.05, 0) is 49.6 Å². The Balaban J connectivity index is 1.46. The Bertz CT molecular complexity index is 1140. The predicted molar refractivity (Wildman–Crippen MR) is 123 cm³/mol. The van der Waals surface area contributed by atoms with Crippen LogP contribution in [0, 0.1) is 12.8 Å². The summed E-state index contributed by atoms with van der Waals surface area (Å²) in [6.07, 6.45) is 1.73. The van der Waals surface area contributed by atoms with E-state index in [9.17, 15) is 9.59 Å². The minimum Gasteiger partial charge on any atom is -0.354 e. The monoisotopic (exact) mass is 436 g/mol. The quantitative estimate of drug-likeness (QED) is 0.661. The third-order valence-electron chi connectivity index (χ3n) is 5.50. The molecule has 0 aliphatic carbocycles. The van der Waals surface area contributed by atoms with Gasteiger partial charge in [-0.15, -0.1) is 5.10 Å². The fourth-order valence-corrected chi connectivity index (χ4v) is 4.10. The van der Waals surface area contributed by atoms with Crippen molar-refractivity contribution in [3.63, 3.8) is 0 Å². The van der Waals surface area contributed by atoms with E-state index in [-0.39, 0.29) is 17.4 Å². The van der Waals surface area contributed by atoms with Crippen LogP contribution in [0.4, 0.5) is 5.82 Å². The number of nitrogens with one attached hydrogen (secondary N) is 1. The molecule has 1 fully saturated rings. The molecule has 160 valence electrons. The maximum absolute atomic E-state index is 12.8. The van der Waals surface area contributed by atoms with E-state index in [1.807, 2.05) is 25.1 Å². The Morgan fingerprint density at radius 1 is 1.16 bits per heavy atom. The van der Waals surface area contributed by atoms with Gasteiger partial charge < -0.3 is 10.2 Å². The molecule has 1 aromatic heterocycles. The molecular formula is C24H25ClN4O2. The van der Waals surface area contributed by atoms with Crippen LogP contribution >= 0.6 is 11.6 Å². The number of halogens is 1. The summed E-state index contributed by atoms with van der Waals surface area (Å²) in [5.41, 5.74) is 2.66. The lowest BCUT2D eigenvalue weighted by atomic mass is 9.97. The predicted octanol–water partition coefficient (Wildman–Crippen LogP) is 3.73. The molecule has 0 saturated carbocycles. The van der Waals surface area contributed by atoms with E-state index in [4.69, 9.17) is 11.6 Å². The second kappa shape index (κ2) is 9.35. The average Bonchev–Trinajstić information content (AvgIpc) is 2.78. The maximum Gasteiger partial charge on any atom is 0.271 e. The van der Waals surface area contributed by atoms with E-state index in [0.717, 1.165) is 24.9 Å². The number of rotatable bonds is 5. The van der Waals surface area contributed by atoms with Gasteiger partial charge in [0.1, 0.15) is 5.82 Å². The summed E-state index contributed by atoms with van der Waals surface area (Å²) in [6.45, 7) is 3.93. The van der Waals surface area contributed by atoms with E-state index in [1.165, 1.54) is 16.3 Å². The van der Waals surface area contributed by atoms with Crippen LogP contribution in [-0.4, -0.2) is 28.8 Å². The molecule has 3 aromatic rings. The Morgan fingerprint density at radius 2 is 2.00 bits per heavy atom. The number of amides is 1. The molecular weight excluding hydrogens is 412 g/mol. The van der Waals surface area contributed by atoms with Crippen molar-refractivity contribution in [2.75, 3.05) is 18.0 Å². The largest absolute Gasteiger partial charge is 0.354 e. The number of anilines is 1. The third kappa shape index (κ3) is 5.14. The summed E-state index contributed by atoms with van der Waals surface area (Å²) in [4.78, 5) is 27.2. The summed E-state index contributed by atoms with van der Waals surface area (Å²) < 4.78 is 1.35. The Morgan fingerprint density at radius 3 is 2.81 bits per heavy atom. The second-order valence-corrected chi connectivity index (χ2v) is 8.35. The van der Waals surface area contributed by atoms with Crippen molar-refractivity contribution in [3.8, 4) is 5.69 Å². The standard InChI is InChI=1S/C24H25ClN4O2/c1-17-5-2-6-18(13-17)15-26-24(31)19-7-4-12-28(16-19)22-10-11-23(30)29(27-22)21-9-3-8-20(25)14-21/h2-3,5-6,8-11,13-14,19H,4,7,12,15-16H2,1H3,(H,26,31)/t19-/m1/s1. The van der Waals surface area contributed by atoms with Gasteiger partial charge in [-0.25, -0.2) is 0 Å². The van der Waals surface area contributed by atoms with Gasteiger partial charge >= 0.3 is 0 Å². The topological polar surface area (TPSA) is 67.2 Å². The third-order valence-corrected chi connectivity index (χ3v) is 5.74. The molecule has 0 spiro atoms. The molecule has 2 aromatic carbocycles. The first kappa shape index (κ1) is 21.1. The number of hydrogen-bond acceptors (Lipinski definition) is 4. The summed E-state index contributed by atoms with van der Waals surface area (Å²) >= 11 is 6.07. The lowest BCUT2D eigenvalue weighted by Gasteiger charge is -2.33. The fourth-order valence-electron chi connectivity index (χ4n) is 3.92. The maximum atomic E-state index is 12.8. The number of carbonyl (C=O) groups is 1. The molecule has 1 saturated heterocycles. The normalized spacial score (nSPS) is 16.2. The van der Waals surface area contributed by atoms with Crippen LogP contribution in [0.2, 0.25) is 5.02 Å². The zero-order chi connectivity index (χ0) is 21.8. The number of aromatic nitrogens is 2. The van der Waals surface area contributed by atoms with Crippen molar-refractivity contribution in [2.45, 2.75) is 26.3 Å². The molecule has 1 atom stereocenters. The fraction of sp³-hybridized carbons (Fsp3) is 0.292. The Labute approximate surface area is 186 Å². The molecule has 1 aliphatic rings. The summed E-state index contributed by atoms with van der Waals surface area (Å²) in [5.74, 6) is 0.608.